The quantitative estimate of drug-likeness (QED) is 0.357. The van der Waals surface area contributed by atoms with Gasteiger partial charge in [0.05, 0.1) is 24.9 Å². The number of methoxy groups -OCH3 is 2. The fourth-order valence-corrected chi connectivity index (χ4v) is 3.34. The summed E-state index contributed by atoms with van der Waals surface area (Å²) in [6.07, 6.45) is 1.54. The van der Waals surface area contributed by atoms with Crippen LogP contribution in [0.4, 0.5) is 0 Å². The number of amides is 1. The van der Waals surface area contributed by atoms with E-state index >= 15 is 0 Å². The second-order valence-corrected chi connectivity index (χ2v) is 7.59. The molecule has 0 aliphatic rings. The zero-order valence-electron chi connectivity index (χ0n) is 17.5. The molecule has 0 atom stereocenters. The Hall–Kier alpha value is -3.32. The standard InChI is InChI=1S/C24H23BrN2O4/c1-16-4-6-17(7-5-16)15-31-23-21(25)12-18(13-22(23)30-3)14-26-27-24(28)19-8-10-20(29-2)11-9-19/h4-14H,15H2,1-3H3,(H,27,28)/b26-14-. The van der Waals surface area contributed by atoms with Gasteiger partial charge in [0, 0.05) is 5.56 Å². The molecule has 6 nitrogen and oxygen atoms in total. The predicted molar refractivity (Wildman–Crippen MR) is 124 cm³/mol. The molecule has 0 spiro atoms. The molecule has 7 heteroatoms. The Balaban J connectivity index is 1.66. The van der Waals surface area contributed by atoms with E-state index in [-0.39, 0.29) is 5.91 Å². The molecule has 0 radical (unpaired) electrons. The molecule has 0 aromatic heterocycles. The van der Waals surface area contributed by atoms with E-state index in [0.717, 1.165) is 15.6 Å². The second-order valence-electron chi connectivity index (χ2n) is 6.74. The summed E-state index contributed by atoms with van der Waals surface area (Å²) in [4.78, 5) is 12.2. The second kappa shape index (κ2) is 10.6. The summed E-state index contributed by atoms with van der Waals surface area (Å²) >= 11 is 3.53. The highest BCUT2D eigenvalue weighted by Crippen LogP contribution is 2.36. The van der Waals surface area contributed by atoms with Crippen molar-refractivity contribution >= 4 is 28.1 Å². The first-order valence-electron chi connectivity index (χ1n) is 9.53. The monoisotopic (exact) mass is 482 g/mol. The number of carbonyl (C=O) groups is 1. The number of carbonyl (C=O) groups excluding carboxylic acids is 1. The molecule has 3 aromatic rings. The van der Waals surface area contributed by atoms with Crippen LogP contribution >= 0.6 is 15.9 Å². The lowest BCUT2D eigenvalue weighted by molar-refractivity contribution is 0.0955. The largest absolute Gasteiger partial charge is 0.497 e. The first-order valence-corrected chi connectivity index (χ1v) is 10.3. The number of benzene rings is 3. The average Bonchev–Trinajstić information content (AvgIpc) is 2.79. The third-order valence-electron chi connectivity index (χ3n) is 4.49. The van der Waals surface area contributed by atoms with Gasteiger partial charge < -0.3 is 14.2 Å². The molecule has 160 valence electrons. The zero-order valence-corrected chi connectivity index (χ0v) is 19.1. The van der Waals surface area contributed by atoms with E-state index in [0.29, 0.717) is 29.4 Å². The molecule has 0 aliphatic carbocycles. The Morgan fingerprint density at radius 3 is 2.39 bits per heavy atom. The van der Waals surface area contributed by atoms with Crippen LogP contribution in [0.15, 0.2) is 70.2 Å². The SMILES string of the molecule is COc1ccc(C(=O)N/N=C\c2cc(Br)c(OCc3ccc(C)cc3)c(OC)c2)cc1. The molecular formula is C24H23BrN2O4. The maximum Gasteiger partial charge on any atom is 0.271 e. The Labute approximate surface area is 190 Å². The van der Waals surface area contributed by atoms with Crippen molar-refractivity contribution in [2.24, 2.45) is 5.10 Å². The fourth-order valence-electron chi connectivity index (χ4n) is 2.77. The molecular weight excluding hydrogens is 460 g/mol. The maximum absolute atomic E-state index is 12.2. The molecule has 1 amide bonds. The van der Waals surface area contributed by atoms with Gasteiger partial charge in [-0.1, -0.05) is 29.8 Å². The van der Waals surface area contributed by atoms with Gasteiger partial charge in [-0.3, -0.25) is 4.79 Å². The molecule has 0 bridgehead atoms. The lowest BCUT2D eigenvalue weighted by Gasteiger charge is -2.13. The van der Waals surface area contributed by atoms with Gasteiger partial charge in [-0.15, -0.1) is 0 Å². The Kier molecular flexibility index (Phi) is 7.67. The lowest BCUT2D eigenvalue weighted by atomic mass is 10.2. The van der Waals surface area contributed by atoms with Crippen LogP contribution in [0.5, 0.6) is 17.2 Å². The Morgan fingerprint density at radius 1 is 1.03 bits per heavy atom. The van der Waals surface area contributed by atoms with Crippen molar-refractivity contribution in [2.45, 2.75) is 13.5 Å². The summed E-state index contributed by atoms with van der Waals surface area (Å²) in [6, 6.07) is 18.6. The van der Waals surface area contributed by atoms with Crippen LogP contribution < -0.4 is 19.6 Å². The Morgan fingerprint density at radius 2 is 1.74 bits per heavy atom. The van der Waals surface area contributed by atoms with Gasteiger partial charge in [-0.05, 0) is 70.4 Å². The molecule has 0 fully saturated rings. The van der Waals surface area contributed by atoms with Crippen LogP contribution in [0.3, 0.4) is 0 Å². The summed E-state index contributed by atoms with van der Waals surface area (Å²) in [5.41, 5.74) is 5.99. The summed E-state index contributed by atoms with van der Waals surface area (Å²) in [5.74, 6) is 1.52. The van der Waals surface area contributed by atoms with Crippen molar-refractivity contribution in [1.82, 2.24) is 5.43 Å². The summed E-state index contributed by atoms with van der Waals surface area (Å²) in [5, 5.41) is 4.04. The normalized spacial score (nSPS) is 10.7. The van der Waals surface area contributed by atoms with Crippen LogP contribution in [-0.4, -0.2) is 26.3 Å². The minimum absolute atomic E-state index is 0.317. The van der Waals surface area contributed by atoms with Gasteiger partial charge in [0.1, 0.15) is 12.4 Å². The highest BCUT2D eigenvalue weighted by atomic mass is 79.9. The van der Waals surface area contributed by atoms with Crippen molar-refractivity contribution in [3.05, 3.63) is 87.4 Å². The predicted octanol–water partition coefficient (Wildman–Crippen LogP) is 5.12. The van der Waals surface area contributed by atoms with Crippen molar-refractivity contribution in [3.8, 4) is 17.2 Å². The van der Waals surface area contributed by atoms with Crippen molar-refractivity contribution in [2.75, 3.05) is 14.2 Å². The van der Waals surface area contributed by atoms with Crippen molar-refractivity contribution < 1.29 is 19.0 Å². The van der Waals surface area contributed by atoms with E-state index in [1.165, 1.54) is 5.56 Å². The van der Waals surface area contributed by atoms with E-state index in [9.17, 15) is 4.79 Å². The number of rotatable bonds is 8. The number of nitrogens with zero attached hydrogens (tertiary/aromatic N) is 1. The topological polar surface area (TPSA) is 69.2 Å². The summed E-state index contributed by atoms with van der Waals surface area (Å²) < 4.78 is 17.3. The van der Waals surface area contributed by atoms with Gasteiger partial charge in [-0.2, -0.15) is 5.10 Å². The number of hydrogen-bond donors (Lipinski definition) is 1. The first-order chi connectivity index (χ1) is 15.0. The van der Waals surface area contributed by atoms with Gasteiger partial charge in [0.15, 0.2) is 11.5 Å². The van der Waals surface area contributed by atoms with Crippen molar-refractivity contribution in [3.63, 3.8) is 0 Å². The van der Waals surface area contributed by atoms with E-state index in [4.69, 9.17) is 14.2 Å². The number of nitrogens with one attached hydrogen (secondary N) is 1. The van der Waals surface area contributed by atoms with Gasteiger partial charge >= 0.3 is 0 Å². The highest BCUT2D eigenvalue weighted by molar-refractivity contribution is 9.10. The molecule has 1 N–H and O–H groups in total. The smallest absolute Gasteiger partial charge is 0.271 e. The third kappa shape index (κ3) is 6.08. The molecule has 3 aromatic carbocycles. The van der Waals surface area contributed by atoms with Crippen LogP contribution in [0, 0.1) is 6.92 Å². The fraction of sp³-hybridized carbons (Fsp3) is 0.167. The molecule has 0 unspecified atom stereocenters. The van der Waals surface area contributed by atoms with Crippen LogP contribution in [0.1, 0.15) is 27.0 Å². The molecule has 0 saturated carbocycles. The first kappa shape index (κ1) is 22.4. The van der Waals surface area contributed by atoms with E-state index < -0.39 is 0 Å². The minimum atomic E-state index is -0.317. The number of aryl methyl sites for hydroxylation is 1. The van der Waals surface area contributed by atoms with Gasteiger partial charge in [0.25, 0.3) is 5.91 Å². The molecule has 0 saturated heterocycles. The van der Waals surface area contributed by atoms with Crippen LogP contribution in [-0.2, 0) is 6.61 Å². The summed E-state index contributed by atoms with van der Waals surface area (Å²) in [7, 11) is 3.15. The van der Waals surface area contributed by atoms with Crippen LogP contribution in [0.25, 0.3) is 0 Å². The van der Waals surface area contributed by atoms with Gasteiger partial charge in [-0.25, -0.2) is 5.43 Å². The van der Waals surface area contributed by atoms with Crippen LogP contribution in [0.2, 0.25) is 0 Å². The number of ether oxygens (including phenoxy) is 3. The maximum atomic E-state index is 12.2. The molecule has 0 heterocycles. The molecule has 31 heavy (non-hydrogen) atoms. The number of hydrogen-bond acceptors (Lipinski definition) is 5. The van der Waals surface area contributed by atoms with E-state index in [2.05, 4.69) is 26.5 Å². The molecule has 3 rings (SSSR count). The Bertz CT molecular complexity index is 1060. The van der Waals surface area contributed by atoms with E-state index in [1.54, 1.807) is 50.8 Å². The third-order valence-corrected chi connectivity index (χ3v) is 5.08. The zero-order chi connectivity index (χ0) is 22.2. The number of halogens is 1. The highest BCUT2D eigenvalue weighted by Gasteiger charge is 2.12. The average molecular weight is 483 g/mol. The van der Waals surface area contributed by atoms with Crippen molar-refractivity contribution in [1.29, 1.82) is 0 Å². The van der Waals surface area contributed by atoms with E-state index in [1.807, 2.05) is 37.3 Å². The minimum Gasteiger partial charge on any atom is -0.497 e. The summed E-state index contributed by atoms with van der Waals surface area (Å²) in [6.45, 7) is 2.46. The number of hydrazone groups is 1. The molecule has 0 aliphatic heterocycles. The van der Waals surface area contributed by atoms with Gasteiger partial charge in [0.2, 0.25) is 0 Å². The lowest BCUT2D eigenvalue weighted by Crippen LogP contribution is -2.17.